The summed E-state index contributed by atoms with van der Waals surface area (Å²) in [5, 5.41) is 5.15. The van der Waals surface area contributed by atoms with Crippen molar-refractivity contribution >= 4 is 15.9 Å². The topological polar surface area (TPSA) is 80.5 Å². The van der Waals surface area contributed by atoms with E-state index >= 15 is 0 Å². The Morgan fingerprint density at radius 3 is 2.52 bits per heavy atom. The Morgan fingerprint density at radius 2 is 1.91 bits per heavy atom. The lowest BCUT2D eigenvalue weighted by Crippen LogP contribution is -2.26. The van der Waals surface area contributed by atoms with Crippen molar-refractivity contribution in [3.05, 3.63) is 65.0 Å². The maximum Gasteiger partial charge on any atom is 0.253 e. The zero-order valence-corrected chi connectivity index (χ0v) is 13.6. The Bertz CT molecular complexity index is 850. The summed E-state index contributed by atoms with van der Waals surface area (Å²) < 4.78 is 36.3. The van der Waals surface area contributed by atoms with E-state index < -0.39 is 10.0 Å². The number of primary sulfonamides is 1. The second-order valence-corrected chi connectivity index (χ2v) is 6.85. The Balaban J connectivity index is 2.26. The van der Waals surface area contributed by atoms with Gasteiger partial charge in [0.15, 0.2) is 0 Å². The number of halogens is 1. The predicted molar refractivity (Wildman–Crippen MR) is 84.7 cm³/mol. The zero-order chi connectivity index (χ0) is 17.2. The first kappa shape index (κ1) is 17.1. The van der Waals surface area contributed by atoms with Crippen LogP contribution in [0.2, 0.25) is 0 Å². The van der Waals surface area contributed by atoms with Crippen molar-refractivity contribution in [2.45, 2.75) is 18.4 Å². The molecule has 0 atom stereocenters. The second-order valence-electron chi connectivity index (χ2n) is 5.32. The third-order valence-electron chi connectivity index (χ3n) is 3.40. The molecule has 0 fully saturated rings. The molecule has 23 heavy (non-hydrogen) atoms. The first-order valence-electron chi connectivity index (χ1n) is 6.82. The first-order chi connectivity index (χ1) is 10.7. The lowest BCUT2D eigenvalue weighted by Gasteiger charge is -2.18. The number of aryl methyl sites for hydroxylation is 1. The number of nitrogens with zero attached hydrogens (tertiary/aromatic N) is 1. The van der Waals surface area contributed by atoms with Crippen molar-refractivity contribution in [1.29, 1.82) is 0 Å². The smallest absolute Gasteiger partial charge is 0.253 e. The molecule has 0 radical (unpaired) electrons. The summed E-state index contributed by atoms with van der Waals surface area (Å²) in [5.74, 6) is -0.755. The van der Waals surface area contributed by atoms with E-state index in [0.29, 0.717) is 11.1 Å². The summed E-state index contributed by atoms with van der Waals surface area (Å²) in [6, 6.07) is 10.3. The van der Waals surface area contributed by atoms with Gasteiger partial charge in [-0.25, -0.2) is 17.9 Å². The minimum absolute atomic E-state index is 0.0810. The number of carbonyl (C=O) groups excluding carboxylic acids is 1. The summed E-state index contributed by atoms with van der Waals surface area (Å²) >= 11 is 0. The van der Waals surface area contributed by atoms with Gasteiger partial charge in [0.25, 0.3) is 5.91 Å². The van der Waals surface area contributed by atoms with Crippen molar-refractivity contribution in [1.82, 2.24) is 4.90 Å². The molecule has 0 aromatic heterocycles. The maximum absolute atomic E-state index is 13.2. The highest BCUT2D eigenvalue weighted by Gasteiger charge is 2.17. The first-order valence-corrected chi connectivity index (χ1v) is 8.36. The molecule has 0 aliphatic carbocycles. The van der Waals surface area contributed by atoms with Gasteiger partial charge in [0.05, 0.1) is 4.90 Å². The summed E-state index contributed by atoms with van der Waals surface area (Å²) in [4.78, 5) is 13.7. The van der Waals surface area contributed by atoms with Crippen LogP contribution in [0.3, 0.4) is 0 Å². The fourth-order valence-corrected chi connectivity index (χ4v) is 3.05. The molecule has 7 heteroatoms. The van der Waals surface area contributed by atoms with Gasteiger partial charge in [-0.05, 0) is 42.3 Å². The normalized spacial score (nSPS) is 11.3. The van der Waals surface area contributed by atoms with E-state index in [1.807, 2.05) is 0 Å². The van der Waals surface area contributed by atoms with Crippen LogP contribution in [-0.4, -0.2) is 26.3 Å². The van der Waals surface area contributed by atoms with Gasteiger partial charge in [0.2, 0.25) is 10.0 Å². The predicted octanol–water partition coefficient (Wildman–Crippen LogP) is 2.05. The van der Waals surface area contributed by atoms with Crippen molar-refractivity contribution in [3.63, 3.8) is 0 Å². The van der Waals surface area contributed by atoms with Crippen LogP contribution < -0.4 is 5.14 Å². The standard InChI is InChI=1S/C16H17FN2O3S/c1-11-6-7-13(9-15(11)23(18,21)22)16(20)19(2)10-12-4-3-5-14(17)8-12/h3-9H,10H2,1-2H3,(H2,18,21,22). The number of rotatable bonds is 4. The molecule has 0 spiro atoms. The third kappa shape index (κ3) is 4.14. The van der Waals surface area contributed by atoms with E-state index in [1.165, 1.54) is 35.2 Å². The highest BCUT2D eigenvalue weighted by atomic mass is 32.2. The molecule has 0 aliphatic heterocycles. The van der Waals surface area contributed by atoms with Gasteiger partial charge in [-0.1, -0.05) is 18.2 Å². The Labute approximate surface area is 134 Å². The van der Waals surface area contributed by atoms with E-state index in [0.717, 1.165) is 0 Å². The summed E-state index contributed by atoms with van der Waals surface area (Å²) in [6.45, 7) is 1.81. The average molecular weight is 336 g/mol. The van der Waals surface area contributed by atoms with Gasteiger partial charge in [0, 0.05) is 19.2 Å². The summed E-state index contributed by atoms with van der Waals surface area (Å²) in [6.07, 6.45) is 0. The van der Waals surface area contributed by atoms with Gasteiger partial charge in [-0.3, -0.25) is 4.79 Å². The number of hydrogen-bond acceptors (Lipinski definition) is 3. The summed E-state index contributed by atoms with van der Waals surface area (Å²) in [7, 11) is -2.34. The van der Waals surface area contributed by atoms with Crippen LogP contribution >= 0.6 is 0 Å². The van der Waals surface area contributed by atoms with E-state index in [4.69, 9.17) is 5.14 Å². The maximum atomic E-state index is 13.2. The molecule has 0 aliphatic rings. The molecular weight excluding hydrogens is 319 g/mol. The van der Waals surface area contributed by atoms with E-state index in [2.05, 4.69) is 0 Å². The molecule has 0 saturated carbocycles. The van der Waals surface area contributed by atoms with E-state index in [-0.39, 0.29) is 28.7 Å². The lowest BCUT2D eigenvalue weighted by molar-refractivity contribution is 0.0784. The minimum atomic E-state index is -3.90. The van der Waals surface area contributed by atoms with Crippen LogP contribution in [0.5, 0.6) is 0 Å². The lowest BCUT2D eigenvalue weighted by atomic mass is 10.1. The van der Waals surface area contributed by atoms with Crippen LogP contribution in [0.4, 0.5) is 4.39 Å². The molecule has 1 amide bonds. The van der Waals surface area contributed by atoms with Gasteiger partial charge in [0.1, 0.15) is 5.82 Å². The van der Waals surface area contributed by atoms with Crippen LogP contribution in [-0.2, 0) is 16.6 Å². The Kier molecular flexibility index (Phi) is 4.82. The van der Waals surface area contributed by atoms with E-state index in [9.17, 15) is 17.6 Å². The molecular formula is C16H17FN2O3S. The molecule has 0 unspecified atom stereocenters. The Morgan fingerprint density at radius 1 is 1.22 bits per heavy atom. The molecule has 0 heterocycles. The molecule has 0 saturated heterocycles. The molecule has 2 aromatic rings. The SMILES string of the molecule is Cc1ccc(C(=O)N(C)Cc2cccc(F)c2)cc1S(N)(=O)=O. The van der Waals surface area contributed by atoms with Crippen molar-refractivity contribution in [2.24, 2.45) is 5.14 Å². The molecule has 2 N–H and O–H groups in total. The van der Waals surface area contributed by atoms with Crippen LogP contribution in [0.25, 0.3) is 0 Å². The highest BCUT2D eigenvalue weighted by Crippen LogP contribution is 2.17. The molecule has 2 aromatic carbocycles. The number of amides is 1. The van der Waals surface area contributed by atoms with Crippen LogP contribution in [0.1, 0.15) is 21.5 Å². The fraction of sp³-hybridized carbons (Fsp3) is 0.188. The van der Waals surface area contributed by atoms with Gasteiger partial charge >= 0.3 is 0 Å². The van der Waals surface area contributed by atoms with E-state index in [1.54, 1.807) is 26.1 Å². The highest BCUT2D eigenvalue weighted by molar-refractivity contribution is 7.89. The molecule has 122 valence electrons. The number of carbonyl (C=O) groups is 1. The van der Waals surface area contributed by atoms with Crippen molar-refractivity contribution in [3.8, 4) is 0 Å². The van der Waals surface area contributed by atoms with Crippen molar-refractivity contribution in [2.75, 3.05) is 7.05 Å². The van der Waals surface area contributed by atoms with Gasteiger partial charge in [-0.2, -0.15) is 0 Å². The molecule has 2 rings (SSSR count). The number of nitrogens with two attached hydrogens (primary N) is 1. The number of sulfonamides is 1. The molecule has 5 nitrogen and oxygen atoms in total. The van der Waals surface area contributed by atoms with Gasteiger partial charge < -0.3 is 4.90 Å². The second kappa shape index (κ2) is 6.47. The number of benzene rings is 2. The largest absolute Gasteiger partial charge is 0.337 e. The molecule has 0 bridgehead atoms. The summed E-state index contributed by atoms with van der Waals surface area (Å²) in [5.41, 5.74) is 1.31. The fourth-order valence-electron chi connectivity index (χ4n) is 2.24. The average Bonchev–Trinajstić information content (AvgIpc) is 2.45. The quantitative estimate of drug-likeness (QED) is 0.928. The number of hydrogen-bond donors (Lipinski definition) is 1. The minimum Gasteiger partial charge on any atom is -0.337 e. The van der Waals surface area contributed by atoms with Crippen LogP contribution in [0, 0.1) is 12.7 Å². The van der Waals surface area contributed by atoms with Crippen molar-refractivity contribution < 1.29 is 17.6 Å². The van der Waals surface area contributed by atoms with Crippen LogP contribution in [0.15, 0.2) is 47.4 Å². The zero-order valence-electron chi connectivity index (χ0n) is 12.8. The Hall–Kier alpha value is -2.25. The monoisotopic (exact) mass is 336 g/mol. The third-order valence-corrected chi connectivity index (χ3v) is 4.45. The van der Waals surface area contributed by atoms with Gasteiger partial charge in [-0.15, -0.1) is 0 Å².